The van der Waals surface area contributed by atoms with E-state index in [0.29, 0.717) is 0 Å². The molecule has 2 atom stereocenters. The van der Waals surface area contributed by atoms with Crippen LogP contribution in [0.5, 0.6) is 0 Å². The number of nitrogens with zero attached hydrogens (tertiary/aromatic N) is 2. The minimum Gasteiger partial charge on any atom is -0.389 e. The van der Waals surface area contributed by atoms with Gasteiger partial charge in [0.05, 0.1) is 6.10 Å². The van der Waals surface area contributed by atoms with Crippen molar-refractivity contribution in [1.29, 1.82) is 0 Å². The summed E-state index contributed by atoms with van der Waals surface area (Å²) in [7, 11) is 0. The molecule has 0 spiro atoms. The fourth-order valence-corrected chi connectivity index (χ4v) is 0.826. The Balaban J connectivity index is 2.77. The predicted molar refractivity (Wildman–Crippen MR) is 42.0 cm³/mol. The highest BCUT2D eigenvalue weighted by atomic mass is 19.1. The van der Waals surface area contributed by atoms with Crippen LogP contribution >= 0.6 is 0 Å². The summed E-state index contributed by atoms with van der Waals surface area (Å²) < 4.78 is 12.2. The minimum atomic E-state index is -1.18. The Hall–Kier alpha value is -1.11. The summed E-state index contributed by atoms with van der Waals surface area (Å²) in [6, 6.07) is 0. The Morgan fingerprint density at radius 1 is 1.38 bits per heavy atom. The molecule has 0 aliphatic rings. The van der Waals surface area contributed by atoms with Crippen LogP contribution in [0.3, 0.4) is 0 Å². The first-order valence-corrected chi connectivity index (χ1v) is 3.68. The van der Waals surface area contributed by atoms with Crippen molar-refractivity contribution >= 4 is 0 Å². The molecule has 0 aliphatic heterocycles. The Morgan fingerprint density at radius 2 is 1.92 bits per heavy atom. The van der Waals surface area contributed by atoms with Crippen LogP contribution in [0.1, 0.15) is 11.7 Å². The van der Waals surface area contributed by atoms with Crippen LogP contribution in [0.4, 0.5) is 4.39 Å². The smallest absolute Gasteiger partial charge is 0.308 e. The van der Waals surface area contributed by atoms with Gasteiger partial charge >= 0.3 is 6.08 Å². The van der Waals surface area contributed by atoms with Gasteiger partial charge in [0.25, 0.3) is 0 Å². The van der Waals surface area contributed by atoms with E-state index < -0.39 is 18.3 Å². The standard InChI is InChI=1S/C7H10FN3O2/c8-7-10-2-4(3-11-7)6(13)5(12)1-9/h2-3,5-6,12-13H,1,9H2. The van der Waals surface area contributed by atoms with Crippen LogP contribution in [0, 0.1) is 6.08 Å². The maximum absolute atomic E-state index is 12.2. The second-order valence-electron chi connectivity index (χ2n) is 2.53. The SMILES string of the molecule is NCC(O)C(O)c1cnc(F)nc1. The van der Waals surface area contributed by atoms with E-state index in [4.69, 9.17) is 10.8 Å². The van der Waals surface area contributed by atoms with Crippen molar-refractivity contribution in [3.8, 4) is 0 Å². The fourth-order valence-electron chi connectivity index (χ4n) is 0.826. The maximum atomic E-state index is 12.2. The quantitative estimate of drug-likeness (QED) is 0.526. The highest BCUT2D eigenvalue weighted by Crippen LogP contribution is 2.13. The molecule has 0 aliphatic carbocycles. The van der Waals surface area contributed by atoms with Crippen LogP contribution in [0.2, 0.25) is 0 Å². The van der Waals surface area contributed by atoms with Gasteiger partial charge in [-0.15, -0.1) is 0 Å². The maximum Gasteiger partial charge on any atom is 0.308 e. The van der Waals surface area contributed by atoms with Gasteiger partial charge < -0.3 is 15.9 Å². The molecule has 2 unspecified atom stereocenters. The molecule has 0 amide bonds. The first kappa shape index (κ1) is 9.97. The van der Waals surface area contributed by atoms with Gasteiger partial charge in [0, 0.05) is 24.5 Å². The molecule has 1 aromatic rings. The second-order valence-corrected chi connectivity index (χ2v) is 2.53. The first-order valence-electron chi connectivity index (χ1n) is 3.68. The van der Waals surface area contributed by atoms with Crippen molar-refractivity contribution in [1.82, 2.24) is 9.97 Å². The normalized spacial score (nSPS) is 15.4. The minimum absolute atomic E-state index is 0.0848. The summed E-state index contributed by atoms with van der Waals surface area (Å²) in [6.07, 6.45) is -0.935. The number of rotatable bonds is 3. The number of halogens is 1. The van der Waals surface area contributed by atoms with Crippen LogP contribution < -0.4 is 5.73 Å². The third kappa shape index (κ3) is 2.41. The molecule has 0 bridgehead atoms. The van der Waals surface area contributed by atoms with Gasteiger partial charge in [0.2, 0.25) is 0 Å². The summed E-state index contributed by atoms with van der Waals surface area (Å²) in [6.45, 7) is -0.0848. The highest BCUT2D eigenvalue weighted by molar-refractivity contribution is 5.08. The molecule has 72 valence electrons. The van der Waals surface area contributed by atoms with Crippen LogP contribution in [-0.4, -0.2) is 32.8 Å². The van der Waals surface area contributed by atoms with E-state index in [1.807, 2.05) is 0 Å². The molecule has 5 nitrogen and oxygen atoms in total. The van der Waals surface area contributed by atoms with Gasteiger partial charge in [-0.3, -0.25) is 0 Å². The van der Waals surface area contributed by atoms with E-state index in [2.05, 4.69) is 9.97 Å². The van der Waals surface area contributed by atoms with Gasteiger partial charge in [0.1, 0.15) is 6.10 Å². The number of hydrogen-bond donors (Lipinski definition) is 3. The van der Waals surface area contributed by atoms with Gasteiger partial charge in [-0.05, 0) is 0 Å². The molecule has 6 heteroatoms. The molecule has 0 radical (unpaired) electrons. The van der Waals surface area contributed by atoms with Crippen LogP contribution in [0.25, 0.3) is 0 Å². The van der Waals surface area contributed by atoms with E-state index >= 15 is 0 Å². The van der Waals surface area contributed by atoms with Crippen LogP contribution in [0.15, 0.2) is 12.4 Å². The third-order valence-electron chi connectivity index (χ3n) is 1.59. The van der Waals surface area contributed by atoms with Crippen molar-refractivity contribution in [2.24, 2.45) is 5.73 Å². The lowest BCUT2D eigenvalue weighted by Gasteiger charge is -2.14. The number of aromatic nitrogens is 2. The molecule has 1 heterocycles. The molecule has 0 fully saturated rings. The average Bonchev–Trinajstić information content (AvgIpc) is 2.17. The fraction of sp³-hybridized carbons (Fsp3) is 0.429. The third-order valence-corrected chi connectivity index (χ3v) is 1.59. The molecule has 4 N–H and O–H groups in total. The largest absolute Gasteiger partial charge is 0.389 e. The number of hydrogen-bond acceptors (Lipinski definition) is 5. The molecule has 1 rings (SSSR count). The lowest BCUT2D eigenvalue weighted by atomic mass is 10.1. The topological polar surface area (TPSA) is 92.3 Å². The van der Waals surface area contributed by atoms with Gasteiger partial charge in [-0.2, -0.15) is 4.39 Å². The molecule has 1 aromatic heterocycles. The lowest BCUT2D eigenvalue weighted by molar-refractivity contribution is 0.0238. The highest BCUT2D eigenvalue weighted by Gasteiger charge is 2.17. The Labute approximate surface area is 74.1 Å². The lowest BCUT2D eigenvalue weighted by Crippen LogP contribution is -2.27. The van der Waals surface area contributed by atoms with Gasteiger partial charge in [0.15, 0.2) is 0 Å². The van der Waals surface area contributed by atoms with Crippen LogP contribution in [-0.2, 0) is 0 Å². The zero-order valence-electron chi connectivity index (χ0n) is 6.76. The number of nitrogens with two attached hydrogens (primary N) is 1. The zero-order valence-corrected chi connectivity index (χ0v) is 6.76. The monoisotopic (exact) mass is 187 g/mol. The predicted octanol–water partition coefficient (Wildman–Crippen LogP) is -1.03. The van der Waals surface area contributed by atoms with Gasteiger partial charge in [-0.25, -0.2) is 9.97 Å². The number of aliphatic hydroxyl groups excluding tert-OH is 2. The van der Waals surface area contributed by atoms with Gasteiger partial charge in [-0.1, -0.05) is 0 Å². The Bertz CT molecular complexity index is 267. The van der Waals surface area contributed by atoms with E-state index in [0.717, 1.165) is 12.4 Å². The van der Waals surface area contributed by atoms with Crippen molar-refractivity contribution in [3.63, 3.8) is 0 Å². The van der Waals surface area contributed by atoms with Crippen molar-refractivity contribution in [2.45, 2.75) is 12.2 Å². The van der Waals surface area contributed by atoms with Crippen molar-refractivity contribution < 1.29 is 14.6 Å². The summed E-state index contributed by atoms with van der Waals surface area (Å²) in [4.78, 5) is 6.45. The molecule has 0 saturated heterocycles. The first-order chi connectivity index (χ1) is 6.15. The van der Waals surface area contributed by atoms with E-state index in [1.165, 1.54) is 0 Å². The number of aliphatic hydroxyl groups is 2. The molecule has 13 heavy (non-hydrogen) atoms. The molecular weight excluding hydrogens is 177 g/mol. The van der Waals surface area contributed by atoms with Crippen molar-refractivity contribution in [2.75, 3.05) is 6.54 Å². The average molecular weight is 187 g/mol. The Kier molecular flexibility index (Phi) is 3.24. The summed E-state index contributed by atoms with van der Waals surface area (Å²) in [5.74, 6) is 0. The summed E-state index contributed by atoms with van der Waals surface area (Å²) in [5, 5.41) is 18.5. The molecule has 0 aromatic carbocycles. The molecule has 0 saturated carbocycles. The molecular formula is C7H10FN3O2. The Morgan fingerprint density at radius 3 is 2.38 bits per heavy atom. The second kappa shape index (κ2) is 4.22. The van der Waals surface area contributed by atoms with E-state index in [9.17, 15) is 9.50 Å². The van der Waals surface area contributed by atoms with E-state index in [1.54, 1.807) is 0 Å². The summed E-state index contributed by atoms with van der Waals surface area (Å²) >= 11 is 0. The summed E-state index contributed by atoms with van der Waals surface area (Å²) in [5.41, 5.74) is 5.35. The van der Waals surface area contributed by atoms with E-state index in [-0.39, 0.29) is 12.1 Å². The zero-order chi connectivity index (χ0) is 9.84. The van der Waals surface area contributed by atoms with Crippen molar-refractivity contribution in [3.05, 3.63) is 24.0 Å².